The van der Waals surface area contributed by atoms with E-state index in [0.717, 1.165) is 40.4 Å². The van der Waals surface area contributed by atoms with Gasteiger partial charge < -0.3 is 20.5 Å². The minimum Gasteiger partial charge on any atom is -0.550 e. The molecule has 120 valence electrons. The highest BCUT2D eigenvalue weighted by molar-refractivity contribution is 5.84. The average molecular weight is 312 g/mol. The molecule has 0 fully saturated rings. The van der Waals surface area contributed by atoms with Crippen LogP contribution in [-0.2, 0) is 11.8 Å². The summed E-state index contributed by atoms with van der Waals surface area (Å²) in [5.74, 6) is -1.08. The number of benzene rings is 2. The molecule has 1 heterocycles. The number of nitrogens with two attached hydrogens (primary N) is 1. The van der Waals surface area contributed by atoms with Gasteiger partial charge in [0.1, 0.15) is 18.1 Å². The van der Waals surface area contributed by atoms with Crippen molar-refractivity contribution in [3.8, 4) is 0 Å². The van der Waals surface area contributed by atoms with Gasteiger partial charge in [-0.15, -0.1) is 0 Å². The van der Waals surface area contributed by atoms with Gasteiger partial charge in [0, 0.05) is 43.6 Å². The number of hydrogen-bond donors (Lipinski definition) is 1. The first-order chi connectivity index (χ1) is 10.8. The van der Waals surface area contributed by atoms with E-state index in [1.165, 1.54) is 0 Å². The number of nitrogen functional groups attached to an aromatic ring is 1. The summed E-state index contributed by atoms with van der Waals surface area (Å²) >= 11 is 0. The van der Waals surface area contributed by atoms with Crippen LogP contribution < -0.4 is 20.3 Å². The predicted molar refractivity (Wildman–Crippen MR) is 89.8 cm³/mol. The van der Waals surface area contributed by atoms with Crippen molar-refractivity contribution in [3.05, 3.63) is 36.4 Å². The largest absolute Gasteiger partial charge is 0.550 e. The summed E-state index contributed by atoms with van der Waals surface area (Å²) < 4.78 is 2.14. The summed E-state index contributed by atoms with van der Waals surface area (Å²) in [5, 5.41) is 8.89. The smallest absolute Gasteiger partial charge is 0.233 e. The molecular formula is C17H20N4O2. The summed E-state index contributed by atoms with van der Waals surface area (Å²) in [6.45, 7) is 0.972. The minimum absolute atomic E-state index is 0.757. The Bertz CT molecular complexity index is 871. The number of hydrogen-bond acceptors (Lipinski definition) is 5. The maximum atomic E-state index is 8.89. The van der Waals surface area contributed by atoms with Crippen LogP contribution in [-0.4, -0.2) is 25.0 Å². The molecule has 6 nitrogen and oxygen atoms in total. The van der Waals surface area contributed by atoms with Gasteiger partial charge in [-0.25, -0.2) is 4.98 Å². The summed E-state index contributed by atoms with van der Waals surface area (Å²) in [5.41, 5.74) is 11.9. The first kappa shape index (κ1) is 16.5. The Morgan fingerprint density at radius 2 is 1.65 bits per heavy atom. The minimum atomic E-state index is -1.08. The Kier molecular flexibility index (Phi) is 4.64. The molecule has 0 atom stereocenters. The lowest BCUT2D eigenvalue weighted by molar-refractivity contribution is -0.617. The summed E-state index contributed by atoms with van der Waals surface area (Å²) in [6.07, 6.45) is 0. The number of fused-ring (bicyclic) bond motifs is 2. The van der Waals surface area contributed by atoms with Crippen molar-refractivity contribution in [2.24, 2.45) is 7.05 Å². The first-order valence-corrected chi connectivity index (χ1v) is 7.13. The Morgan fingerprint density at radius 3 is 2.22 bits per heavy atom. The van der Waals surface area contributed by atoms with E-state index in [-0.39, 0.29) is 0 Å². The molecule has 3 rings (SSSR count). The van der Waals surface area contributed by atoms with Gasteiger partial charge in [0.15, 0.2) is 0 Å². The van der Waals surface area contributed by atoms with Gasteiger partial charge in [0.05, 0.1) is 0 Å². The number of aryl methyl sites for hydroxylation is 1. The van der Waals surface area contributed by atoms with E-state index < -0.39 is 5.97 Å². The number of aromatic nitrogens is 2. The van der Waals surface area contributed by atoms with Crippen LogP contribution in [0.1, 0.15) is 6.92 Å². The van der Waals surface area contributed by atoms with Crippen molar-refractivity contribution < 1.29 is 14.5 Å². The van der Waals surface area contributed by atoms with Crippen LogP contribution >= 0.6 is 0 Å². The second-order valence-corrected chi connectivity index (χ2v) is 5.48. The molecule has 0 amide bonds. The normalized spacial score (nSPS) is 10.3. The highest BCUT2D eigenvalue weighted by Gasteiger charge is 2.14. The molecule has 1 aromatic heterocycles. The van der Waals surface area contributed by atoms with Crippen molar-refractivity contribution >= 4 is 39.4 Å². The van der Waals surface area contributed by atoms with Gasteiger partial charge in [0.2, 0.25) is 11.0 Å². The zero-order chi connectivity index (χ0) is 17.1. The number of rotatable bonds is 1. The highest BCUT2D eigenvalue weighted by atomic mass is 16.4. The standard InChI is InChI=1S/C15H16N4.C2H4O2/c1-18(2)11-5-7-13-15(9-11)19(3)14-8-10(16)4-6-12(14)17-13;1-2(3)4/h4-9,16H,1-3H3;1H3,(H,3,4). The van der Waals surface area contributed by atoms with Crippen molar-refractivity contribution in [1.29, 1.82) is 0 Å². The Balaban J connectivity index is 0.000000433. The molecule has 0 radical (unpaired) electrons. The fourth-order valence-electron chi connectivity index (χ4n) is 2.32. The number of carboxylic acids is 1. The Hall–Kier alpha value is -2.89. The van der Waals surface area contributed by atoms with Crippen LogP contribution in [0.25, 0.3) is 22.1 Å². The number of carbonyl (C=O) groups is 1. The first-order valence-electron chi connectivity index (χ1n) is 7.13. The third-order valence-corrected chi connectivity index (χ3v) is 3.44. The molecular weight excluding hydrogens is 292 g/mol. The van der Waals surface area contributed by atoms with E-state index >= 15 is 0 Å². The zero-order valence-electron chi connectivity index (χ0n) is 13.7. The molecule has 0 aliphatic heterocycles. The van der Waals surface area contributed by atoms with Crippen LogP contribution in [0, 0.1) is 0 Å². The maximum Gasteiger partial charge on any atom is 0.233 e. The predicted octanol–water partition coefficient (Wildman–Crippen LogP) is 0.617. The van der Waals surface area contributed by atoms with E-state index in [0.29, 0.717) is 0 Å². The van der Waals surface area contributed by atoms with E-state index in [1.807, 2.05) is 39.3 Å². The summed E-state index contributed by atoms with van der Waals surface area (Å²) in [7, 11) is 6.12. The lowest BCUT2D eigenvalue weighted by Gasteiger charge is -2.12. The maximum absolute atomic E-state index is 8.89. The average Bonchev–Trinajstić information content (AvgIpc) is 2.47. The van der Waals surface area contributed by atoms with Crippen molar-refractivity contribution in [3.63, 3.8) is 0 Å². The second kappa shape index (κ2) is 6.48. The van der Waals surface area contributed by atoms with Gasteiger partial charge in [-0.05, 0) is 31.2 Å². The van der Waals surface area contributed by atoms with E-state index in [1.54, 1.807) is 0 Å². The molecule has 0 saturated heterocycles. The number of carboxylic acid groups (broad SMARTS) is 1. The number of anilines is 2. The van der Waals surface area contributed by atoms with Crippen LogP contribution in [0.2, 0.25) is 0 Å². The van der Waals surface area contributed by atoms with Crippen LogP contribution in [0.15, 0.2) is 36.4 Å². The highest BCUT2D eigenvalue weighted by Crippen LogP contribution is 2.20. The number of carbonyl (C=O) groups excluding carboxylic acids is 1. The van der Waals surface area contributed by atoms with Crippen molar-refractivity contribution in [2.45, 2.75) is 6.92 Å². The molecule has 23 heavy (non-hydrogen) atoms. The monoisotopic (exact) mass is 312 g/mol. The van der Waals surface area contributed by atoms with Gasteiger partial charge in [-0.3, -0.25) is 0 Å². The fraction of sp³-hybridized carbons (Fsp3) is 0.235. The third-order valence-electron chi connectivity index (χ3n) is 3.44. The van der Waals surface area contributed by atoms with Gasteiger partial charge in [0.25, 0.3) is 0 Å². The van der Waals surface area contributed by atoms with Crippen molar-refractivity contribution in [1.82, 2.24) is 4.98 Å². The van der Waals surface area contributed by atoms with Crippen molar-refractivity contribution in [2.75, 3.05) is 24.7 Å². The molecule has 2 aromatic carbocycles. The van der Waals surface area contributed by atoms with E-state index in [4.69, 9.17) is 15.6 Å². The quantitative estimate of drug-likeness (QED) is 0.404. The Labute approximate surface area is 134 Å². The molecule has 3 aromatic rings. The summed E-state index contributed by atoms with van der Waals surface area (Å²) in [4.78, 5) is 15.7. The van der Waals surface area contributed by atoms with Gasteiger partial charge >= 0.3 is 0 Å². The van der Waals surface area contributed by atoms with Gasteiger partial charge in [-0.2, -0.15) is 4.57 Å². The third kappa shape index (κ3) is 3.66. The second-order valence-electron chi connectivity index (χ2n) is 5.48. The Morgan fingerprint density at radius 1 is 1.13 bits per heavy atom. The lowest BCUT2D eigenvalue weighted by atomic mass is 10.2. The number of aliphatic carboxylic acids is 1. The molecule has 0 unspecified atom stereocenters. The van der Waals surface area contributed by atoms with Gasteiger partial charge in [-0.1, -0.05) is 0 Å². The van der Waals surface area contributed by atoms with E-state index in [9.17, 15) is 0 Å². The molecule has 0 aliphatic rings. The molecule has 0 spiro atoms. The lowest BCUT2D eigenvalue weighted by Crippen LogP contribution is -2.31. The molecule has 2 N–H and O–H groups in total. The fourth-order valence-corrected chi connectivity index (χ4v) is 2.32. The van der Waals surface area contributed by atoms with Crippen LogP contribution in [0.5, 0.6) is 0 Å². The number of nitrogens with zero attached hydrogens (tertiary/aromatic N) is 3. The van der Waals surface area contributed by atoms with Crippen LogP contribution in [0.3, 0.4) is 0 Å². The molecule has 0 aliphatic carbocycles. The molecule has 0 saturated carbocycles. The molecule has 0 bridgehead atoms. The van der Waals surface area contributed by atoms with E-state index in [2.05, 4.69) is 32.7 Å². The van der Waals surface area contributed by atoms with Crippen LogP contribution in [0.4, 0.5) is 11.4 Å². The SMILES string of the molecule is CC(=O)[O-].CN(C)c1ccc2nc3ccc(N)cc3[n+](C)c2c1. The summed E-state index contributed by atoms with van der Waals surface area (Å²) in [6, 6.07) is 12.1. The zero-order valence-corrected chi connectivity index (χ0v) is 13.7. The molecule has 6 heteroatoms. The topological polar surface area (TPSA) is 86.2 Å².